The quantitative estimate of drug-likeness (QED) is 0.588. The van der Waals surface area contributed by atoms with Crippen molar-refractivity contribution in [3.05, 3.63) is 28.0 Å². The Bertz CT molecular complexity index is 325. The van der Waals surface area contributed by atoms with Crippen LogP contribution in [0, 0.1) is 6.92 Å². The van der Waals surface area contributed by atoms with Crippen molar-refractivity contribution in [1.82, 2.24) is 4.98 Å². The number of ether oxygens (including phenoxy) is 1. The van der Waals surface area contributed by atoms with Crippen LogP contribution in [-0.4, -0.2) is 18.1 Å². The summed E-state index contributed by atoms with van der Waals surface area (Å²) in [7, 11) is 1.37. The van der Waals surface area contributed by atoms with Crippen molar-refractivity contribution in [2.75, 3.05) is 7.11 Å². The third kappa shape index (κ3) is 2.81. The Morgan fingerprint density at radius 2 is 2.38 bits per heavy atom. The van der Waals surface area contributed by atoms with E-state index in [0.29, 0.717) is 4.60 Å². The van der Waals surface area contributed by atoms with Crippen molar-refractivity contribution < 1.29 is 9.53 Å². The van der Waals surface area contributed by atoms with Gasteiger partial charge in [-0.3, -0.25) is 4.79 Å². The zero-order valence-electron chi connectivity index (χ0n) is 7.50. The maximum Gasteiger partial charge on any atom is 0.310 e. The van der Waals surface area contributed by atoms with E-state index in [2.05, 4.69) is 25.7 Å². The second kappa shape index (κ2) is 4.37. The number of halogens is 1. The van der Waals surface area contributed by atoms with E-state index in [1.54, 1.807) is 6.20 Å². The molecule has 0 amide bonds. The third-order valence-corrected chi connectivity index (χ3v) is 2.32. The SMILES string of the molecule is COC(=O)Cc1cc(C)cnc1Br. The van der Waals surface area contributed by atoms with Gasteiger partial charge in [0.2, 0.25) is 0 Å². The highest BCUT2D eigenvalue weighted by Gasteiger charge is 2.07. The van der Waals surface area contributed by atoms with Crippen molar-refractivity contribution in [3.63, 3.8) is 0 Å². The predicted molar refractivity (Wildman–Crippen MR) is 52.4 cm³/mol. The second-order valence-corrected chi connectivity index (χ2v) is 3.47. The Hall–Kier alpha value is -0.900. The van der Waals surface area contributed by atoms with Crippen LogP contribution < -0.4 is 0 Å². The van der Waals surface area contributed by atoms with Crippen LogP contribution >= 0.6 is 15.9 Å². The summed E-state index contributed by atoms with van der Waals surface area (Å²) in [5, 5.41) is 0. The first kappa shape index (κ1) is 10.2. The summed E-state index contributed by atoms with van der Waals surface area (Å²) in [5.74, 6) is -0.256. The van der Waals surface area contributed by atoms with Gasteiger partial charge in [0.25, 0.3) is 0 Å². The van der Waals surface area contributed by atoms with Crippen LogP contribution in [0.15, 0.2) is 16.9 Å². The summed E-state index contributed by atoms with van der Waals surface area (Å²) in [5.41, 5.74) is 1.88. The molecular weight excluding hydrogens is 234 g/mol. The number of hydrogen-bond donors (Lipinski definition) is 0. The van der Waals surface area contributed by atoms with E-state index in [9.17, 15) is 4.79 Å². The van der Waals surface area contributed by atoms with Gasteiger partial charge < -0.3 is 4.74 Å². The lowest BCUT2D eigenvalue weighted by atomic mass is 10.2. The molecule has 0 aliphatic carbocycles. The van der Waals surface area contributed by atoms with Crippen LogP contribution in [0.5, 0.6) is 0 Å². The lowest BCUT2D eigenvalue weighted by Gasteiger charge is -2.02. The molecule has 1 rings (SSSR count). The zero-order chi connectivity index (χ0) is 9.84. The van der Waals surface area contributed by atoms with Gasteiger partial charge >= 0.3 is 5.97 Å². The van der Waals surface area contributed by atoms with E-state index in [1.165, 1.54) is 7.11 Å². The molecule has 0 radical (unpaired) electrons. The number of aryl methyl sites for hydroxylation is 1. The fourth-order valence-electron chi connectivity index (χ4n) is 0.965. The first-order chi connectivity index (χ1) is 6.13. The lowest BCUT2D eigenvalue weighted by molar-refractivity contribution is -0.139. The average molecular weight is 244 g/mol. The zero-order valence-corrected chi connectivity index (χ0v) is 9.09. The molecule has 13 heavy (non-hydrogen) atoms. The molecule has 4 heteroatoms. The maximum absolute atomic E-state index is 11.0. The van der Waals surface area contributed by atoms with Crippen LogP contribution in [0.4, 0.5) is 0 Å². The number of carbonyl (C=O) groups excluding carboxylic acids is 1. The normalized spacial score (nSPS) is 9.77. The number of methoxy groups -OCH3 is 1. The van der Waals surface area contributed by atoms with Crippen LogP contribution in [0.1, 0.15) is 11.1 Å². The molecular formula is C9H10BrNO2. The Labute approximate surface area is 85.3 Å². The summed E-state index contributed by atoms with van der Waals surface area (Å²) in [6.45, 7) is 1.93. The van der Waals surface area contributed by atoms with Gasteiger partial charge in [-0.2, -0.15) is 0 Å². The van der Waals surface area contributed by atoms with Gasteiger partial charge in [0.1, 0.15) is 4.60 Å². The number of aromatic nitrogens is 1. The van der Waals surface area contributed by atoms with Crippen molar-refractivity contribution in [2.24, 2.45) is 0 Å². The van der Waals surface area contributed by atoms with Gasteiger partial charge in [0.05, 0.1) is 13.5 Å². The van der Waals surface area contributed by atoms with E-state index in [-0.39, 0.29) is 12.4 Å². The highest BCUT2D eigenvalue weighted by molar-refractivity contribution is 9.10. The Kier molecular flexibility index (Phi) is 3.42. The van der Waals surface area contributed by atoms with Gasteiger partial charge in [-0.15, -0.1) is 0 Å². The van der Waals surface area contributed by atoms with Crippen LogP contribution in [-0.2, 0) is 16.0 Å². The molecule has 0 saturated carbocycles. The van der Waals surface area contributed by atoms with Crippen LogP contribution in [0.3, 0.4) is 0 Å². The fourth-order valence-corrected chi connectivity index (χ4v) is 1.32. The molecule has 0 aromatic carbocycles. The lowest BCUT2D eigenvalue weighted by Crippen LogP contribution is -2.05. The van der Waals surface area contributed by atoms with Gasteiger partial charge in [0.15, 0.2) is 0 Å². The van der Waals surface area contributed by atoms with Crippen molar-refractivity contribution in [1.29, 1.82) is 0 Å². The number of rotatable bonds is 2. The molecule has 0 atom stereocenters. The molecule has 1 aromatic rings. The fraction of sp³-hybridized carbons (Fsp3) is 0.333. The van der Waals surface area contributed by atoms with Gasteiger partial charge in [0, 0.05) is 6.20 Å². The van der Waals surface area contributed by atoms with Crippen LogP contribution in [0.25, 0.3) is 0 Å². The highest BCUT2D eigenvalue weighted by atomic mass is 79.9. The molecule has 0 saturated heterocycles. The maximum atomic E-state index is 11.0. The summed E-state index contributed by atoms with van der Waals surface area (Å²) < 4.78 is 5.26. The van der Waals surface area contributed by atoms with Crippen LogP contribution in [0.2, 0.25) is 0 Å². The van der Waals surface area contributed by atoms with E-state index in [4.69, 9.17) is 0 Å². The minimum Gasteiger partial charge on any atom is -0.469 e. The molecule has 0 spiro atoms. The van der Waals surface area contributed by atoms with Crippen molar-refractivity contribution in [2.45, 2.75) is 13.3 Å². The Morgan fingerprint density at radius 3 is 3.00 bits per heavy atom. The Balaban J connectivity index is 2.87. The summed E-state index contributed by atoms with van der Waals surface area (Å²) in [6, 6.07) is 1.91. The molecule has 0 aliphatic rings. The molecule has 0 unspecified atom stereocenters. The number of carbonyl (C=O) groups is 1. The van der Waals surface area contributed by atoms with E-state index < -0.39 is 0 Å². The first-order valence-corrected chi connectivity index (χ1v) is 4.60. The van der Waals surface area contributed by atoms with E-state index in [0.717, 1.165) is 11.1 Å². The molecule has 0 aliphatic heterocycles. The summed E-state index contributed by atoms with van der Waals surface area (Å²) in [6.07, 6.45) is 2.00. The minimum atomic E-state index is -0.256. The molecule has 1 aromatic heterocycles. The monoisotopic (exact) mass is 243 g/mol. The number of nitrogens with zero attached hydrogens (tertiary/aromatic N) is 1. The Morgan fingerprint density at radius 1 is 1.69 bits per heavy atom. The largest absolute Gasteiger partial charge is 0.469 e. The summed E-state index contributed by atoms with van der Waals surface area (Å²) in [4.78, 5) is 15.0. The smallest absolute Gasteiger partial charge is 0.310 e. The van der Waals surface area contributed by atoms with E-state index >= 15 is 0 Å². The average Bonchev–Trinajstić information content (AvgIpc) is 2.11. The number of esters is 1. The predicted octanol–water partition coefficient (Wildman–Crippen LogP) is 1.87. The highest BCUT2D eigenvalue weighted by Crippen LogP contribution is 2.15. The minimum absolute atomic E-state index is 0.256. The molecule has 0 fully saturated rings. The molecule has 1 heterocycles. The molecule has 70 valence electrons. The third-order valence-electron chi connectivity index (χ3n) is 1.61. The van der Waals surface area contributed by atoms with E-state index in [1.807, 2.05) is 13.0 Å². The summed E-state index contributed by atoms with van der Waals surface area (Å²) >= 11 is 3.27. The second-order valence-electron chi connectivity index (χ2n) is 2.72. The van der Waals surface area contributed by atoms with Gasteiger partial charge in [-0.25, -0.2) is 4.98 Å². The number of pyridine rings is 1. The van der Waals surface area contributed by atoms with Crippen molar-refractivity contribution in [3.8, 4) is 0 Å². The van der Waals surface area contributed by atoms with Gasteiger partial charge in [-0.05, 0) is 34.0 Å². The van der Waals surface area contributed by atoms with Crippen molar-refractivity contribution >= 4 is 21.9 Å². The van der Waals surface area contributed by atoms with Gasteiger partial charge in [-0.1, -0.05) is 6.07 Å². The molecule has 0 N–H and O–H groups in total. The standard InChI is InChI=1S/C9H10BrNO2/c1-6-3-7(4-8(12)13-2)9(10)11-5-6/h3,5H,4H2,1-2H3. The molecule has 3 nitrogen and oxygen atoms in total. The number of hydrogen-bond acceptors (Lipinski definition) is 3. The topological polar surface area (TPSA) is 39.2 Å². The first-order valence-electron chi connectivity index (χ1n) is 3.81. The molecule has 0 bridgehead atoms.